The van der Waals surface area contributed by atoms with Crippen LogP contribution in [0.1, 0.15) is 50.1 Å². The predicted octanol–water partition coefficient (Wildman–Crippen LogP) is 4.40. The number of rotatable bonds is 3. The number of nitrogens with one attached hydrogen (secondary N) is 1. The van der Waals surface area contributed by atoms with Crippen LogP contribution in [0.4, 0.5) is 4.79 Å². The molecule has 1 atom stereocenters. The van der Waals surface area contributed by atoms with Gasteiger partial charge in [-0.2, -0.15) is 0 Å². The lowest BCUT2D eigenvalue weighted by molar-refractivity contribution is -0.128. The van der Waals surface area contributed by atoms with Gasteiger partial charge in [0, 0.05) is 13.0 Å². The molecule has 2 heterocycles. The van der Waals surface area contributed by atoms with E-state index in [0.717, 1.165) is 22.4 Å². The van der Waals surface area contributed by atoms with Crippen molar-refractivity contribution < 1.29 is 14.3 Å². The van der Waals surface area contributed by atoms with E-state index in [2.05, 4.69) is 17.1 Å². The number of hydrogen-bond acceptors (Lipinski definition) is 4. The first-order chi connectivity index (χ1) is 13.8. The van der Waals surface area contributed by atoms with Crippen LogP contribution >= 0.6 is 0 Å². The molecule has 2 amide bonds. The Balaban J connectivity index is 1.59. The van der Waals surface area contributed by atoms with E-state index >= 15 is 0 Å². The lowest BCUT2D eigenvalue weighted by Crippen LogP contribution is -2.38. The molecular formula is C23H25N3O3. The number of ether oxygens (including phenoxy) is 1. The van der Waals surface area contributed by atoms with Gasteiger partial charge in [0.15, 0.2) is 0 Å². The first-order valence-corrected chi connectivity index (χ1v) is 9.87. The fourth-order valence-electron chi connectivity index (χ4n) is 3.73. The van der Waals surface area contributed by atoms with E-state index < -0.39 is 11.7 Å². The number of imidazole rings is 1. The summed E-state index contributed by atoms with van der Waals surface area (Å²) in [6.45, 7) is 5.74. The molecule has 0 spiro atoms. The smallest absolute Gasteiger partial charge is 0.417 e. The number of para-hydroxylation sites is 1. The Hall–Kier alpha value is -3.15. The number of nitrogens with zero attached hydrogens (tertiary/aromatic N) is 2. The maximum absolute atomic E-state index is 13.0. The largest absolute Gasteiger partial charge is 0.443 e. The molecule has 2 aromatic carbocycles. The number of aromatic nitrogens is 2. The van der Waals surface area contributed by atoms with Crippen LogP contribution in [0.15, 0.2) is 48.5 Å². The molecule has 1 N–H and O–H groups in total. The molecule has 0 bridgehead atoms. The van der Waals surface area contributed by atoms with Gasteiger partial charge in [0.05, 0.1) is 17.0 Å². The topological polar surface area (TPSA) is 75.3 Å². The molecule has 150 valence electrons. The zero-order valence-electron chi connectivity index (χ0n) is 16.9. The van der Waals surface area contributed by atoms with Gasteiger partial charge in [-0.05, 0) is 44.4 Å². The third kappa shape index (κ3) is 4.01. The number of imide groups is 1. The summed E-state index contributed by atoms with van der Waals surface area (Å²) < 4.78 is 5.38. The van der Waals surface area contributed by atoms with Gasteiger partial charge >= 0.3 is 6.09 Å². The van der Waals surface area contributed by atoms with Crippen molar-refractivity contribution in [3.63, 3.8) is 0 Å². The molecule has 6 heteroatoms. The van der Waals surface area contributed by atoms with E-state index in [1.54, 1.807) is 20.8 Å². The van der Waals surface area contributed by atoms with Crippen molar-refractivity contribution in [3.8, 4) is 0 Å². The normalized spacial score (nSPS) is 17.1. The van der Waals surface area contributed by atoms with E-state index in [1.807, 2.05) is 36.4 Å². The van der Waals surface area contributed by atoms with E-state index in [9.17, 15) is 9.59 Å². The Bertz CT molecular complexity index is 1050. The molecule has 3 aromatic rings. The minimum Gasteiger partial charge on any atom is -0.443 e. The van der Waals surface area contributed by atoms with E-state index in [1.165, 1.54) is 10.5 Å². The van der Waals surface area contributed by atoms with Crippen molar-refractivity contribution in [2.75, 3.05) is 6.54 Å². The number of amides is 2. The molecule has 1 aliphatic rings. The molecule has 6 nitrogen and oxygen atoms in total. The van der Waals surface area contributed by atoms with Crippen LogP contribution in [0.2, 0.25) is 0 Å². The van der Waals surface area contributed by atoms with Gasteiger partial charge in [0.1, 0.15) is 11.4 Å². The molecular weight excluding hydrogens is 366 g/mol. The highest BCUT2D eigenvalue weighted by atomic mass is 16.6. The van der Waals surface area contributed by atoms with Crippen LogP contribution < -0.4 is 0 Å². The van der Waals surface area contributed by atoms with Crippen molar-refractivity contribution in [1.82, 2.24) is 14.9 Å². The lowest BCUT2D eigenvalue weighted by atomic mass is 9.96. The maximum Gasteiger partial charge on any atom is 0.417 e. The summed E-state index contributed by atoms with van der Waals surface area (Å²) >= 11 is 0. The van der Waals surface area contributed by atoms with Crippen LogP contribution in [-0.2, 0) is 16.0 Å². The Morgan fingerprint density at radius 2 is 1.93 bits per heavy atom. The molecule has 1 fully saturated rings. The second-order valence-electron chi connectivity index (χ2n) is 8.40. The summed E-state index contributed by atoms with van der Waals surface area (Å²) in [7, 11) is 0. The average molecular weight is 391 g/mol. The summed E-state index contributed by atoms with van der Waals surface area (Å²) in [5.41, 5.74) is 3.08. The summed E-state index contributed by atoms with van der Waals surface area (Å²) in [6, 6.07) is 15.9. The molecule has 0 radical (unpaired) electrons. The standard InChI is InChI=1S/C23H25N3O3/c1-23(2,3)29-22(28)26-13-12-17(21(26)27)16-10-7-11-18-20(16)25-19(24-18)14-15-8-5-4-6-9-15/h4-11,17H,12-14H2,1-3H3,(H,24,25). The third-order valence-electron chi connectivity index (χ3n) is 5.00. The highest BCUT2D eigenvalue weighted by molar-refractivity contribution is 5.99. The van der Waals surface area contributed by atoms with E-state index in [-0.39, 0.29) is 11.8 Å². The first kappa shape index (κ1) is 19.2. The highest BCUT2D eigenvalue weighted by Crippen LogP contribution is 2.33. The Labute approximate surface area is 169 Å². The van der Waals surface area contributed by atoms with Gasteiger partial charge in [-0.1, -0.05) is 42.5 Å². The number of carbonyl (C=O) groups excluding carboxylic acids is 2. The van der Waals surface area contributed by atoms with Crippen molar-refractivity contribution >= 4 is 23.0 Å². The Morgan fingerprint density at radius 3 is 2.66 bits per heavy atom. The zero-order chi connectivity index (χ0) is 20.6. The Kier molecular flexibility index (Phi) is 4.86. The van der Waals surface area contributed by atoms with Crippen LogP contribution in [0.3, 0.4) is 0 Å². The summed E-state index contributed by atoms with van der Waals surface area (Å²) in [5, 5.41) is 0. The fourth-order valence-corrected chi connectivity index (χ4v) is 3.73. The quantitative estimate of drug-likeness (QED) is 0.718. The van der Waals surface area contributed by atoms with Crippen LogP contribution in [0.25, 0.3) is 11.0 Å². The lowest BCUT2D eigenvalue weighted by Gasteiger charge is -2.23. The van der Waals surface area contributed by atoms with E-state index in [4.69, 9.17) is 9.72 Å². The van der Waals surface area contributed by atoms with Gasteiger partial charge in [-0.15, -0.1) is 0 Å². The minimum absolute atomic E-state index is 0.223. The second-order valence-corrected chi connectivity index (χ2v) is 8.40. The number of benzene rings is 2. The van der Waals surface area contributed by atoms with Gasteiger partial charge in [-0.3, -0.25) is 4.79 Å². The van der Waals surface area contributed by atoms with Gasteiger partial charge < -0.3 is 9.72 Å². The van der Waals surface area contributed by atoms with Crippen molar-refractivity contribution in [2.24, 2.45) is 0 Å². The van der Waals surface area contributed by atoms with Crippen molar-refractivity contribution in [1.29, 1.82) is 0 Å². The SMILES string of the molecule is CC(C)(C)OC(=O)N1CCC(c2cccc3[nH]c(Cc4ccccc4)nc23)C1=O. The minimum atomic E-state index is -0.635. The molecule has 29 heavy (non-hydrogen) atoms. The zero-order valence-corrected chi connectivity index (χ0v) is 16.9. The summed E-state index contributed by atoms with van der Waals surface area (Å²) in [6.07, 6.45) is 0.680. The number of likely N-dealkylation sites (tertiary alicyclic amines) is 1. The third-order valence-corrected chi connectivity index (χ3v) is 5.00. The number of hydrogen-bond donors (Lipinski definition) is 1. The van der Waals surface area contributed by atoms with Crippen LogP contribution in [0.5, 0.6) is 0 Å². The second kappa shape index (κ2) is 7.35. The summed E-state index contributed by atoms with van der Waals surface area (Å²) in [5.74, 6) is 0.242. The predicted molar refractivity (Wildman–Crippen MR) is 111 cm³/mol. The number of carbonyl (C=O) groups is 2. The molecule has 1 unspecified atom stereocenters. The van der Waals surface area contributed by atoms with Gasteiger partial charge in [0.2, 0.25) is 5.91 Å². The fraction of sp³-hybridized carbons (Fsp3) is 0.348. The van der Waals surface area contributed by atoms with E-state index in [0.29, 0.717) is 19.4 Å². The maximum atomic E-state index is 13.0. The van der Waals surface area contributed by atoms with Crippen LogP contribution in [0, 0.1) is 0 Å². The first-order valence-electron chi connectivity index (χ1n) is 9.87. The molecule has 1 saturated heterocycles. The number of fused-ring (bicyclic) bond motifs is 1. The van der Waals surface area contributed by atoms with Crippen molar-refractivity contribution in [3.05, 3.63) is 65.5 Å². The monoisotopic (exact) mass is 391 g/mol. The molecule has 4 rings (SSSR count). The highest BCUT2D eigenvalue weighted by Gasteiger charge is 2.39. The molecule has 1 aliphatic heterocycles. The molecule has 0 aliphatic carbocycles. The van der Waals surface area contributed by atoms with Gasteiger partial charge in [-0.25, -0.2) is 14.7 Å². The Morgan fingerprint density at radius 1 is 1.17 bits per heavy atom. The molecule has 1 aromatic heterocycles. The number of aromatic amines is 1. The summed E-state index contributed by atoms with van der Waals surface area (Å²) in [4.78, 5) is 34.7. The molecule has 0 saturated carbocycles. The van der Waals surface area contributed by atoms with Gasteiger partial charge in [0.25, 0.3) is 0 Å². The average Bonchev–Trinajstić information content (AvgIpc) is 3.24. The van der Waals surface area contributed by atoms with Crippen LogP contribution in [-0.4, -0.2) is 39.0 Å². The van der Waals surface area contributed by atoms with Crippen molar-refractivity contribution in [2.45, 2.75) is 45.1 Å². The number of H-pyrrole nitrogens is 1.